The highest BCUT2D eigenvalue weighted by atomic mass is 79.9. The number of aryl methyl sites for hydroxylation is 1. The van der Waals surface area contributed by atoms with E-state index in [0.29, 0.717) is 0 Å². The van der Waals surface area contributed by atoms with E-state index >= 15 is 0 Å². The molecule has 5 heteroatoms. The summed E-state index contributed by atoms with van der Waals surface area (Å²) in [5, 5.41) is 0.800. The highest BCUT2D eigenvalue weighted by Crippen LogP contribution is 2.41. The Labute approximate surface area is 206 Å². The highest BCUT2D eigenvalue weighted by Gasteiger charge is 2.27. The van der Waals surface area contributed by atoms with Gasteiger partial charge in [-0.3, -0.25) is 0 Å². The van der Waals surface area contributed by atoms with Gasteiger partial charge in [-0.05, 0) is 6.42 Å². The summed E-state index contributed by atoms with van der Waals surface area (Å²) in [7, 11) is 2.10. The van der Waals surface area contributed by atoms with E-state index in [2.05, 4.69) is 65.4 Å². The van der Waals surface area contributed by atoms with Crippen LogP contribution in [0, 0.1) is 0 Å². The molecule has 2 rings (SSSR count). The van der Waals surface area contributed by atoms with Crippen molar-refractivity contribution in [3.8, 4) is 0 Å². The Hall–Kier alpha value is 0.390. The zero-order chi connectivity index (χ0) is 20.6. The second kappa shape index (κ2) is 18.9. The molecule has 1 aliphatic heterocycles. The fourth-order valence-corrected chi connectivity index (χ4v) is 7.71. The molecule has 0 amide bonds. The average Bonchev–Trinajstić information content (AvgIpc) is 3.33. The fourth-order valence-electron chi connectivity index (χ4n) is 4.28. The monoisotopic (exact) mass is 518 g/mol. The smallest absolute Gasteiger partial charge is 0.243 e. The third-order valence-electron chi connectivity index (χ3n) is 6.09. The Kier molecular flexibility index (Phi) is 17.9. The van der Waals surface area contributed by atoms with Gasteiger partial charge in [0.25, 0.3) is 0 Å². The Balaban J connectivity index is 0.00000450. The van der Waals surface area contributed by atoms with Gasteiger partial charge in [0, 0.05) is 5.75 Å². The SMILES string of the molecule is CCCCCCCCCCCCCCCCCC1SCC(Cn2cc[n+](C)c2)S1.[Br-]. The molecule has 176 valence electrons. The van der Waals surface area contributed by atoms with Gasteiger partial charge in [0.1, 0.15) is 18.9 Å². The van der Waals surface area contributed by atoms with Crippen LogP contribution >= 0.6 is 23.5 Å². The lowest BCUT2D eigenvalue weighted by molar-refractivity contribution is -0.671. The van der Waals surface area contributed by atoms with Gasteiger partial charge in [-0.1, -0.05) is 103 Å². The summed E-state index contributed by atoms with van der Waals surface area (Å²) >= 11 is 4.44. The van der Waals surface area contributed by atoms with E-state index in [9.17, 15) is 0 Å². The van der Waals surface area contributed by atoms with Gasteiger partial charge in [0.15, 0.2) is 0 Å². The maximum absolute atomic E-state index is 2.34. The van der Waals surface area contributed by atoms with Crippen molar-refractivity contribution in [1.82, 2.24) is 4.57 Å². The molecule has 2 unspecified atom stereocenters. The number of rotatable bonds is 18. The topological polar surface area (TPSA) is 8.81 Å². The predicted molar refractivity (Wildman–Crippen MR) is 133 cm³/mol. The van der Waals surface area contributed by atoms with Crippen molar-refractivity contribution in [2.45, 2.75) is 126 Å². The molecule has 30 heavy (non-hydrogen) atoms. The first kappa shape index (κ1) is 28.4. The summed E-state index contributed by atoms with van der Waals surface area (Å²) in [5.41, 5.74) is 0. The summed E-state index contributed by atoms with van der Waals surface area (Å²) in [6.07, 6.45) is 29.9. The van der Waals surface area contributed by atoms with Crippen LogP contribution in [0.25, 0.3) is 0 Å². The largest absolute Gasteiger partial charge is 1.00 e. The molecule has 0 N–H and O–H groups in total. The van der Waals surface area contributed by atoms with Crippen LogP contribution in [0.2, 0.25) is 0 Å². The molecule has 1 fully saturated rings. The van der Waals surface area contributed by atoms with Gasteiger partial charge in [-0.25, -0.2) is 9.13 Å². The van der Waals surface area contributed by atoms with Crippen molar-refractivity contribution < 1.29 is 21.5 Å². The Bertz CT molecular complexity index is 509. The molecule has 2 nitrogen and oxygen atoms in total. The van der Waals surface area contributed by atoms with E-state index in [1.165, 1.54) is 115 Å². The number of hydrogen-bond donors (Lipinski definition) is 0. The molecule has 0 aliphatic carbocycles. The van der Waals surface area contributed by atoms with Crippen molar-refractivity contribution in [3.63, 3.8) is 0 Å². The minimum absolute atomic E-state index is 0. The maximum Gasteiger partial charge on any atom is 0.243 e. The summed E-state index contributed by atoms with van der Waals surface area (Å²) in [5.74, 6) is 1.33. The molecule has 0 saturated carbocycles. The van der Waals surface area contributed by atoms with Gasteiger partial charge in [0.2, 0.25) is 6.33 Å². The zero-order valence-corrected chi connectivity index (χ0v) is 22.9. The first-order chi connectivity index (χ1) is 14.3. The lowest BCUT2D eigenvalue weighted by atomic mass is 10.0. The van der Waals surface area contributed by atoms with Crippen LogP contribution in [-0.2, 0) is 13.6 Å². The standard InChI is InChI=1S/C25H47N2S2.BrH/c1-3-4-5-6-7-8-9-10-11-12-13-14-15-16-17-18-25-28-22-24(29-25)21-27-20-19-26(2)23-27;/h19-20,23-25H,3-18,21-22H2,1-2H3;1H/q+1;/p-1. The van der Waals surface area contributed by atoms with Crippen molar-refractivity contribution in [3.05, 3.63) is 18.7 Å². The Morgan fingerprint density at radius 3 is 1.87 bits per heavy atom. The molecule has 1 aliphatic rings. The molecule has 1 saturated heterocycles. The molecule has 1 aromatic rings. The van der Waals surface area contributed by atoms with Crippen LogP contribution in [0.15, 0.2) is 18.7 Å². The van der Waals surface area contributed by atoms with Gasteiger partial charge in [-0.2, -0.15) is 0 Å². The Morgan fingerprint density at radius 2 is 1.37 bits per heavy atom. The van der Waals surface area contributed by atoms with Gasteiger partial charge >= 0.3 is 0 Å². The van der Waals surface area contributed by atoms with E-state index < -0.39 is 0 Å². The summed E-state index contributed by atoms with van der Waals surface area (Å²) in [4.78, 5) is 0. The first-order valence-corrected chi connectivity index (χ1v) is 14.5. The summed E-state index contributed by atoms with van der Waals surface area (Å²) in [6, 6.07) is 0. The molecular formula is C25H47BrN2S2. The Morgan fingerprint density at radius 1 is 0.833 bits per heavy atom. The van der Waals surface area contributed by atoms with Crippen molar-refractivity contribution in [1.29, 1.82) is 0 Å². The van der Waals surface area contributed by atoms with E-state index in [-0.39, 0.29) is 17.0 Å². The van der Waals surface area contributed by atoms with Crippen molar-refractivity contribution in [2.24, 2.45) is 7.05 Å². The van der Waals surface area contributed by atoms with Crippen molar-refractivity contribution >= 4 is 23.5 Å². The number of hydrogen-bond acceptors (Lipinski definition) is 2. The highest BCUT2D eigenvalue weighted by molar-refractivity contribution is 8.20. The van der Waals surface area contributed by atoms with Crippen LogP contribution < -0.4 is 21.5 Å². The molecule has 2 heterocycles. The van der Waals surface area contributed by atoms with Crippen LogP contribution in [0.1, 0.15) is 110 Å². The second-order valence-electron chi connectivity index (χ2n) is 9.04. The molecule has 0 aromatic carbocycles. The van der Waals surface area contributed by atoms with Crippen molar-refractivity contribution in [2.75, 3.05) is 5.75 Å². The molecule has 0 spiro atoms. The van der Waals surface area contributed by atoms with Crippen LogP contribution in [0.5, 0.6) is 0 Å². The number of aromatic nitrogens is 2. The van der Waals surface area contributed by atoms with Crippen LogP contribution in [-0.4, -0.2) is 20.2 Å². The van der Waals surface area contributed by atoms with E-state index in [4.69, 9.17) is 0 Å². The molecule has 0 bridgehead atoms. The van der Waals surface area contributed by atoms with Gasteiger partial charge in [0.05, 0.1) is 16.9 Å². The van der Waals surface area contributed by atoms with Gasteiger partial charge < -0.3 is 17.0 Å². The number of unbranched alkanes of at least 4 members (excludes halogenated alkanes) is 14. The predicted octanol–water partition coefficient (Wildman–Crippen LogP) is 4.75. The van der Waals surface area contributed by atoms with Gasteiger partial charge in [-0.15, -0.1) is 23.5 Å². The average molecular weight is 520 g/mol. The third-order valence-corrected chi connectivity index (χ3v) is 9.49. The van der Waals surface area contributed by atoms with E-state index in [0.717, 1.165) is 9.83 Å². The number of thioether (sulfide) groups is 2. The first-order valence-electron chi connectivity index (χ1n) is 12.6. The minimum atomic E-state index is 0. The van der Waals surface area contributed by atoms with Crippen LogP contribution in [0.4, 0.5) is 0 Å². The number of halogens is 1. The zero-order valence-electron chi connectivity index (χ0n) is 19.7. The third kappa shape index (κ3) is 13.7. The number of imidazole rings is 1. The minimum Gasteiger partial charge on any atom is -1.00 e. The van der Waals surface area contributed by atoms with Crippen LogP contribution in [0.3, 0.4) is 0 Å². The summed E-state index contributed by atoms with van der Waals surface area (Å²) in [6.45, 7) is 3.48. The lowest BCUT2D eigenvalue weighted by Gasteiger charge is -2.09. The molecule has 2 atom stereocenters. The fraction of sp³-hybridized carbons (Fsp3) is 0.880. The lowest BCUT2D eigenvalue weighted by Crippen LogP contribution is -3.00. The maximum atomic E-state index is 2.34. The quantitative estimate of drug-likeness (QED) is 0.204. The normalized spacial score (nSPS) is 18.6. The number of nitrogens with zero attached hydrogens (tertiary/aromatic N) is 2. The van der Waals surface area contributed by atoms with E-state index in [1.54, 1.807) is 0 Å². The molecule has 1 aromatic heterocycles. The second-order valence-corrected chi connectivity index (χ2v) is 12.1. The molecular weight excluding hydrogens is 472 g/mol. The summed E-state index contributed by atoms with van der Waals surface area (Å²) < 4.78 is 5.33. The molecule has 0 radical (unpaired) electrons. The van der Waals surface area contributed by atoms with E-state index in [1.807, 2.05) is 0 Å².